The Bertz CT molecular complexity index is 396. The van der Waals surface area contributed by atoms with E-state index in [1.54, 1.807) is 6.33 Å². The average Bonchev–Trinajstić information content (AvgIpc) is 2.48. The number of thioether (sulfide) groups is 1. The Labute approximate surface area is 120 Å². The Kier molecular flexibility index (Phi) is 5.05. The maximum absolute atomic E-state index is 5.93. The first kappa shape index (κ1) is 14.6. The largest absolute Gasteiger partial charge is 0.356 e. The first-order chi connectivity index (χ1) is 9.23. The van der Waals surface area contributed by atoms with Gasteiger partial charge in [-0.2, -0.15) is 11.8 Å². The molecular formula is C14H24N4S. The fourth-order valence-electron chi connectivity index (χ4n) is 2.59. The van der Waals surface area contributed by atoms with Crippen molar-refractivity contribution in [3.05, 3.63) is 18.1 Å². The first-order valence-electron chi connectivity index (χ1n) is 7.04. The van der Waals surface area contributed by atoms with Gasteiger partial charge in [0, 0.05) is 36.1 Å². The number of aromatic nitrogens is 2. The van der Waals surface area contributed by atoms with Crippen LogP contribution in [0.25, 0.3) is 0 Å². The zero-order valence-electron chi connectivity index (χ0n) is 11.9. The summed E-state index contributed by atoms with van der Waals surface area (Å²) in [5, 5.41) is 0. The van der Waals surface area contributed by atoms with Crippen LogP contribution in [0.4, 0.5) is 5.82 Å². The minimum atomic E-state index is 0.274. The summed E-state index contributed by atoms with van der Waals surface area (Å²) >= 11 is 1.92. The maximum Gasteiger partial charge on any atom is 0.132 e. The summed E-state index contributed by atoms with van der Waals surface area (Å²) in [4.78, 5) is 11.1. The van der Waals surface area contributed by atoms with E-state index in [1.807, 2.05) is 11.8 Å². The minimum Gasteiger partial charge on any atom is -0.356 e. The molecule has 2 N–H and O–H groups in total. The molecule has 0 aliphatic carbocycles. The first-order valence-corrected chi connectivity index (χ1v) is 8.26. The molecule has 1 fully saturated rings. The van der Waals surface area contributed by atoms with E-state index < -0.39 is 0 Å². The maximum atomic E-state index is 5.93. The van der Waals surface area contributed by atoms with E-state index in [2.05, 4.69) is 34.1 Å². The highest BCUT2D eigenvalue weighted by Gasteiger charge is 2.32. The molecule has 5 heteroatoms. The number of rotatable bonds is 5. The van der Waals surface area contributed by atoms with Gasteiger partial charge in [-0.1, -0.05) is 13.3 Å². The molecule has 0 spiro atoms. The van der Waals surface area contributed by atoms with Gasteiger partial charge in [-0.3, -0.25) is 0 Å². The highest BCUT2D eigenvalue weighted by molar-refractivity contribution is 8.00. The van der Waals surface area contributed by atoms with Crippen LogP contribution in [-0.4, -0.2) is 40.6 Å². The summed E-state index contributed by atoms with van der Waals surface area (Å²) in [5.74, 6) is 1.07. The Balaban J connectivity index is 2.03. The third-order valence-corrected chi connectivity index (χ3v) is 5.46. The third kappa shape index (κ3) is 3.39. The molecular weight excluding hydrogens is 256 g/mol. The molecule has 2 heterocycles. The third-order valence-electron chi connectivity index (χ3n) is 4.02. The molecule has 1 aromatic rings. The van der Waals surface area contributed by atoms with Crippen LogP contribution in [0.2, 0.25) is 0 Å². The molecule has 1 aliphatic rings. The molecule has 1 saturated heterocycles. The van der Waals surface area contributed by atoms with Crippen LogP contribution in [0.3, 0.4) is 0 Å². The lowest BCUT2D eigenvalue weighted by Crippen LogP contribution is -2.46. The quantitative estimate of drug-likeness (QED) is 0.895. The van der Waals surface area contributed by atoms with E-state index in [9.17, 15) is 0 Å². The normalized spacial score (nSPS) is 18.6. The van der Waals surface area contributed by atoms with Crippen LogP contribution >= 0.6 is 11.8 Å². The van der Waals surface area contributed by atoms with Crippen LogP contribution in [0.5, 0.6) is 0 Å². The number of anilines is 1. The van der Waals surface area contributed by atoms with Crippen LogP contribution < -0.4 is 10.6 Å². The summed E-state index contributed by atoms with van der Waals surface area (Å²) in [6, 6.07) is 2.14. The lowest BCUT2D eigenvalue weighted by atomic mass is 9.96. The van der Waals surface area contributed by atoms with Gasteiger partial charge in [0.25, 0.3) is 0 Å². The standard InChI is InChI=1S/C14H24N4S/c1-3-4-12-9-13(17-11-16-12)18-7-5-14(10-15,19-2)6-8-18/h9,11H,3-8,10,15H2,1-2H3. The van der Waals surface area contributed by atoms with E-state index >= 15 is 0 Å². The Morgan fingerprint density at radius 3 is 2.68 bits per heavy atom. The summed E-state index contributed by atoms with van der Waals surface area (Å²) in [6.07, 6.45) is 8.29. The van der Waals surface area contributed by atoms with Crippen molar-refractivity contribution in [2.75, 3.05) is 30.8 Å². The number of hydrogen-bond donors (Lipinski definition) is 1. The highest BCUT2D eigenvalue weighted by Crippen LogP contribution is 2.34. The van der Waals surface area contributed by atoms with E-state index in [4.69, 9.17) is 5.73 Å². The van der Waals surface area contributed by atoms with Crippen LogP contribution in [0.15, 0.2) is 12.4 Å². The van der Waals surface area contributed by atoms with E-state index in [0.717, 1.165) is 56.8 Å². The molecule has 106 valence electrons. The zero-order valence-corrected chi connectivity index (χ0v) is 12.7. The second-order valence-corrected chi connectivity index (χ2v) is 6.47. The monoisotopic (exact) mass is 280 g/mol. The van der Waals surface area contributed by atoms with Gasteiger partial charge in [-0.05, 0) is 25.5 Å². The predicted molar refractivity (Wildman–Crippen MR) is 82.8 cm³/mol. The SMILES string of the molecule is CCCc1cc(N2CCC(CN)(SC)CC2)ncn1. The number of nitrogens with two attached hydrogens (primary N) is 1. The lowest BCUT2D eigenvalue weighted by molar-refractivity contribution is 0.455. The molecule has 0 radical (unpaired) electrons. The van der Waals surface area contributed by atoms with Gasteiger partial charge >= 0.3 is 0 Å². The average molecular weight is 280 g/mol. The van der Waals surface area contributed by atoms with Gasteiger partial charge in [-0.25, -0.2) is 9.97 Å². The van der Waals surface area contributed by atoms with Gasteiger partial charge in [0.05, 0.1) is 0 Å². The molecule has 0 atom stereocenters. The van der Waals surface area contributed by atoms with Gasteiger partial charge in [0.1, 0.15) is 12.1 Å². The van der Waals surface area contributed by atoms with Gasteiger partial charge in [-0.15, -0.1) is 0 Å². The summed E-state index contributed by atoms with van der Waals surface area (Å²) in [7, 11) is 0. The van der Waals surface area contributed by atoms with E-state index in [0.29, 0.717) is 0 Å². The predicted octanol–water partition coefficient (Wildman–Crippen LogP) is 2.09. The van der Waals surface area contributed by atoms with Gasteiger partial charge < -0.3 is 10.6 Å². The van der Waals surface area contributed by atoms with Crippen LogP contribution in [0, 0.1) is 0 Å². The minimum absolute atomic E-state index is 0.274. The Morgan fingerprint density at radius 2 is 2.11 bits per heavy atom. The van der Waals surface area contributed by atoms with Crippen molar-refractivity contribution in [1.29, 1.82) is 0 Å². The second kappa shape index (κ2) is 6.57. The molecule has 0 amide bonds. The zero-order chi connectivity index (χ0) is 13.7. The molecule has 0 unspecified atom stereocenters. The van der Waals surface area contributed by atoms with Crippen molar-refractivity contribution in [3.63, 3.8) is 0 Å². The Hall–Kier alpha value is -0.810. The topological polar surface area (TPSA) is 55.0 Å². The van der Waals surface area contributed by atoms with Gasteiger partial charge in [0.2, 0.25) is 0 Å². The second-order valence-electron chi connectivity index (χ2n) is 5.20. The van der Waals surface area contributed by atoms with Crippen molar-refractivity contribution in [2.24, 2.45) is 5.73 Å². The fourth-order valence-corrected chi connectivity index (χ4v) is 3.34. The molecule has 1 aromatic heterocycles. The lowest BCUT2D eigenvalue weighted by Gasteiger charge is -2.40. The summed E-state index contributed by atoms with van der Waals surface area (Å²) < 4.78 is 0.274. The van der Waals surface area contributed by atoms with Crippen molar-refractivity contribution in [1.82, 2.24) is 9.97 Å². The molecule has 0 saturated carbocycles. The van der Waals surface area contributed by atoms with Crippen LogP contribution in [0.1, 0.15) is 31.9 Å². The number of aryl methyl sites for hydroxylation is 1. The van der Waals surface area contributed by atoms with Crippen molar-refractivity contribution >= 4 is 17.6 Å². The highest BCUT2D eigenvalue weighted by atomic mass is 32.2. The van der Waals surface area contributed by atoms with Crippen molar-refractivity contribution < 1.29 is 0 Å². The van der Waals surface area contributed by atoms with E-state index in [-0.39, 0.29) is 4.75 Å². The molecule has 4 nitrogen and oxygen atoms in total. The molecule has 19 heavy (non-hydrogen) atoms. The Morgan fingerprint density at radius 1 is 1.37 bits per heavy atom. The number of nitrogens with zero attached hydrogens (tertiary/aromatic N) is 3. The number of hydrogen-bond acceptors (Lipinski definition) is 5. The van der Waals surface area contributed by atoms with Crippen molar-refractivity contribution in [2.45, 2.75) is 37.4 Å². The molecule has 2 rings (SSSR count). The van der Waals surface area contributed by atoms with Crippen LogP contribution in [-0.2, 0) is 6.42 Å². The fraction of sp³-hybridized carbons (Fsp3) is 0.714. The van der Waals surface area contributed by atoms with E-state index in [1.165, 1.54) is 0 Å². The summed E-state index contributed by atoms with van der Waals surface area (Å²) in [6.45, 7) is 5.03. The smallest absolute Gasteiger partial charge is 0.132 e. The summed E-state index contributed by atoms with van der Waals surface area (Å²) in [5.41, 5.74) is 7.08. The molecule has 0 bridgehead atoms. The molecule has 0 aromatic carbocycles. The number of piperidine rings is 1. The molecule has 1 aliphatic heterocycles. The van der Waals surface area contributed by atoms with Crippen molar-refractivity contribution in [3.8, 4) is 0 Å². The van der Waals surface area contributed by atoms with Gasteiger partial charge in [0.15, 0.2) is 0 Å².